The summed E-state index contributed by atoms with van der Waals surface area (Å²) < 4.78 is 0. The molecule has 1 unspecified atom stereocenters. The highest BCUT2D eigenvalue weighted by atomic mass is 16.2. The van der Waals surface area contributed by atoms with Gasteiger partial charge in [-0.2, -0.15) is 0 Å². The van der Waals surface area contributed by atoms with Gasteiger partial charge in [0.25, 0.3) is 0 Å². The van der Waals surface area contributed by atoms with Crippen molar-refractivity contribution in [2.75, 3.05) is 5.32 Å². The fraction of sp³-hybridized carbons (Fsp3) is 0.200. The molecule has 3 aromatic rings. The Kier molecular flexibility index (Phi) is 3.87. The average molecular weight is 305 g/mol. The van der Waals surface area contributed by atoms with Crippen molar-refractivity contribution in [2.24, 2.45) is 0 Å². The van der Waals surface area contributed by atoms with Gasteiger partial charge in [0.1, 0.15) is 0 Å². The SMILES string of the molecule is Cc1ccc(-c2c(NC(C)c3ccccc3)c(=O)c2=O)cc1C. The average Bonchev–Trinajstić information content (AvgIpc) is 2.57. The molecular weight excluding hydrogens is 286 g/mol. The predicted octanol–water partition coefficient (Wildman–Crippen LogP) is 3.74. The van der Waals surface area contributed by atoms with E-state index < -0.39 is 10.9 Å². The zero-order valence-electron chi connectivity index (χ0n) is 13.5. The second-order valence-corrected chi connectivity index (χ2v) is 5.98. The number of hydrogen-bond donors (Lipinski definition) is 1. The smallest absolute Gasteiger partial charge is 0.250 e. The molecule has 23 heavy (non-hydrogen) atoms. The van der Waals surface area contributed by atoms with Gasteiger partial charge in [-0.3, -0.25) is 9.59 Å². The number of aryl methyl sites for hydroxylation is 2. The van der Waals surface area contributed by atoms with Gasteiger partial charge in [0, 0.05) is 6.04 Å². The van der Waals surface area contributed by atoms with Crippen LogP contribution in [0.3, 0.4) is 0 Å². The molecule has 0 saturated heterocycles. The Bertz CT molecular complexity index is 919. The van der Waals surface area contributed by atoms with E-state index in [-0.39, 0.29) is 6.04 Å². The zero-order chi connectivity index (χ0) is 16.6. The van der Waals surface area contributed by atoms with Crippen molar-refractivity contribution in [1.29, 1.82) is 0 Å². The number of nitrogens with one attached hydrogen (secondary N) is 1. The lowest BCUT2D eigenvalue weighted by Gasteiger charge is -2.19. The van der Waals surface area contributed by atoms with E-state index >= 15 is 0 Å². The van der Waals surface area contributed by atoms with Crippen molar-refractivity contribution in [3.05, 3.63) is 85.7 Å². The third-order valence-electron chi connectivity index (χ3n) is 4.37. The minimum atomic E-state index is -0.430. The predicted molar refractivity (Wildman–Crippen MR) is 94.7 cm³/mol. The number of hydrogen-bond acceptors (Lipinski definition) is 3. The van der Waals surface area contributed by atoms with Crippen LogP contribution in [0.2, 0.25) is 0 Å². The second kappa shape index (κ2) is 5.84. The van der Waals surface area contributed by atoms with Crippen molar-refractivity contribution in [1.82, 2.24) is 0 Å². The van der Waals surface area contributed by atoms with Crippen LogP contribution in [0, 0.1) is 13.8 Å². The van der Waals surface area contributed by atoms with E-state index in [1.54, 1.807) is 0 Å². The van der Waals surface area contributed by atoms with Crippen LogP contribution in [-0.4, -0.2) is 0 Å². The first kappa shape index (κ1) is 15.2. The molecule has 0 amide bonds. The highest BCUT2D eigenvalue weighted by Gasteiger charge is 2.23. The number of benzene rings is 2. The maximum Gasteiger partial charge on any atom is 0.250 e. The molecule has 0 aliphatic heterocycles. The van der Waals surface area contributed by atoms with Crippen LogP contribution in [0.4, 0.5) is 5.69 Å². The lowest BCUT2D eigenvalue weighted by Crippen LogP contribution is -2.36. The standard InChI is InChI=1S/C20H19NO2/c1-12-9-10-16(11-13(12)2)17-18(20(23)19(17)22)21-14(3)15-7-5-4-6-8-15/h4-11,14,21H,1-3H3. The van der Waals surface area contributed by atoms with Gasteiger partial charge in [0.05, 0.1) is 11.3 Å². The summed E-state index contributed by atoms with van der Waals surface area (Å²) in [5.41, 5.74) is 4.25. The van der Waals surface area contributed by atoms with Crippen LogP contribution in [0.15, 0.2) is 58.1 Å². The molecule has 116 valence electrons. The van der Waals surface area contributed by atoms with Crippen LogP contribution in [0.5, 0.6) is 0 Å². The van der Waals surface area contributed by atoms with E-state index in [0.717, 1.165) is 16.7 Å². The van der Waals surface area contributed by atoms with Crippen LogP contribution >= 0.6 is 0 Å². The molecule has 0 heterocycles. The third-order valence-corrected chi connectivity index (χ3v) is 4.37. The van der Waals surface area contributed by atoms with Crippen LogP contribution < -0.4 is 16.2 Å². The maximum atomic E-state index is 12.0. The highest BCUT2D eigenvalue weighted by molar-refractivity contribution is 5.82. The summed E-state index contributed by atoms with van der Waals surface area (Å²) in [7, 11) is 0. The summed E-state index contributed by atoms with van der Waals surface area (Å²) in [5.74, 6) is 0. The molecule has 0 fully saturated rings. The largest absolute Gasteiger partial charge is 0.375 e. The summed E-state index contributed by atoms with van der Waals surface area (Å²) in [6.07, 6.45) is 0. The molecule has 3 rings (SSSR count). The Morgan fingerprint density at radius 1 is 0.870 bits per heavy atom. The number of anilines is 1. The normalized spacial score (nSPS) is 12.3. The van der Waals surface area contributed by atoms with Crippen molar-refractivity contribution in [3.63, 3.8) is 0 Å². The first-order valence-corrected chi connectivity index (χ1v) is 7.71. The highest BCUT2D eigenvalue weighted by Crippen LogP contribution is 2.28. The van der Waals surface area contributed by atoms with E-state index in [1.807, 2.05) is 69.3 Å². The monoisotopic (exact) mass is 305 g/mol. The molecule has 0 aromatic heterocycles. The fourth-order valence-corrected chi connectivity index (χ4v) is 2.74. The quantitative estimate of drug-likeness (QED) is 0.747. The molecule has 1 N–H and O–H groups in total. The molecule has 0 saturated carbocycles. The van der Waals surface area contributed by atoms with Crippen molar-refractivity contribution in [2.45, 2.75) is 26.8 Å². The lowest BCUT2D eigenvalue weighted by molar-refractivity contribution is 0.880. The van der Waals surface area contributed by atoms with Crippen LogP contribution in [0.1, 0.15) is 29.7 Å². The van der Waals surface area contributed by atoms with Crippen molar-refractivity contribution < 1.29 is 0 Å². The minimum absolute atomic E-state index is 0.0372. The summed E-state index contributed by atoms with van der Waals surface area (Å²) in [6.45, 7) is 6.01. The first-order valence-electron chi connectivity index (χ1n) is 7.71. The molecule has 3 nitrogen and oxygen atoms in total. The Hall–Kier alpha value is -2.68. The van der Waals surface area contributed by atoms with Gasteiger partial charge in [-0.05, 0) is 43.0 Å². The van der Waals surface area contributed by atoms with E-state index in [4.69, 9.17) is 0 Å². The number of rotatable bonds is 4. The Labute approximate surface area is 135 Å². The molecule has 0 bridgehead atoms. The van der Waals surface area contributed by atoms with Crippen molar-refractivity contribution >= 4 is 5.69 Å². The first-order chi connectivity index (χ1) is 11.0. The van der Waals surface area contributed by atoms with Gasteiger partial charge >= 0.3 is 0 Å². The van der Waals surface area contributed by atoms with Crippen LogP contribution in [-0.2, 0) is 0 Å². The molecule has 0 spiro atoms. The Balaban J connectivity index is 1.96. The van der Waals surface area contributed by atoms with Gasteiger partial charge in [-0.15, -0.1) is 0 Å². The molecular formula is C20H19NO2. The van der Waals surface area contributed by atoms with Gasteiger partial charge in [-0.1, -0.05) is 48.5 Å². The van der Waals surface area contributed by atoms with Gasteiger partial charge < -0.3 is 5.32 Å². The lowest BCUT2D eigenvalue weighted by atomic mass is 9.95. The summed E-state index contributed by atoms with van der Waals surface area (Å²) in [6, 6.07) is 15.7. The van der Waals surface area contributed by atoms with Gasteiger partial charge in [0.2, 0.25) is 10.9 Å². The Morgan fingerprint density at radius 2 is 1.57 bits per heavy atom. The van der Waals surface area contributed by atoms with Gasteiger partial charge in [-0.25, -0.2) is 0 Å². The molecule has 1 atom stereocenters. The van der Waals surface area contributed by atoms with Crippen molar-refractivity contribution in [3.8, 4) is 11.1 Å². The summed E-state index contributed by atoms with van der Waals surface area (Å²) in [4.78, 5) is 24.0. The van der Waals surface area contributed by atoms with E-state index in [9.17, 15) is 9.59 Å². The molecule has 3 aromatic carbocycles. The fourth-order valence-electron chi connectivity index (χ4n) is 2.74. The zero-order valence-corrected chi connectivity index (χ0v) is 13.5. The molecule has 0 aliphatic rings. The minimum Gasteiger partial charge on any atom is -0.375 e. The topological polar surface area (TPSA) is 46.2 Å². The van der Waals surface area contributed by atoms with E-state index in [1.165, 1.54) is 5.56 Å². The van der Waals surface area contributed by atoms with E-state index in [0.29, 0.717) is 11.3 Å². The molecule has 0 aliphatic carbocycles. The second-order valence-electron chi connectivity index (χ2n) is 5.98. The third kappa shape index (κ3) is 2.70. The maximum absolute atomic E-state index is 12.0. The Morgan fingerprint density at radius 3 is 2.22 bits per heavy atom. The van der Waals surface area contributed by atoms with Gasteiger partial charge in [0.15, 0.2) is 0 Å². The van der Waals surface area contributed by atoms with Crippen LogP contribution in [0.25, 0.3) is 11.1 Å². The summed E-state index contributed by atoms with van der Waals surface area (Å²) in [5, 5.41) is 3.20. The molecule has 3 heteroatoms. The van der Waals surface area contributed by atoms with E-state index in [2.05, 4.69) is 5.32 Å². The molecule has 0 radical (unpaired) electrons. The summed E-state index contributed by atoms with van der Waals surface area (Å²) >= 11 is 0.